The van der Waals surface area contributed by atoms with Gasteiger partial charge in [-0.3, -0.25) is 4.79 Å². The third-order valence-corrected chi connectivity index (χ3v) is 3.25. The van der Waals surface area contributed by atoms with Gasteiger partial charge < -0.3 is 10.1 Å². The van der Waals surface area contributed by atoms with Gasteiger partial charge in [-0.2, -0.15) is 0 Å². The van der Waals surface area contributed by atoms with Crippen molar-refractivity contribution in [3.63, 3.8) is 0 Å². The van der Waals surface area contributed by atoms with E-state index in [1.807, 2.05) is 6.92 Å². The molecule has 3 nitrogen and oxygen atoms in total. The molecule has 0 unspecified atom stereocenters. The average molecular weight is 213 g/mol. The zero-order valence-electron chi connectivity index (χ0n) is 10.1. The van der Waals surface area contributed by atoms with Gasteiger partial charge in [0.15, 0.2) is 0 Å². The second kappa shape index (κ2) is 6.11. The molecule has 15 heavy (non-hydrogen) atoms. The summed E-state index contributed by atoms with van der Waals surface area (Å²) >= 11 is 0. The van der Waals surface area contributed by atoms with Gasteiger partial charge in [0, 0.05) is 12.5 Å². The molecule has 0 aromatic carbocycles. The van der Waals surface area contributed by atoms with Crippen molar-refractivity contribution in [1.82, 2.24) is 5.32 Å². The monoisotopic (exact) mass is 213 g/mol. The lowest BCUT2D eigenvalue weighted by molar-refractivity contribution is -0.126. The third kappa shape index (κ3) is 3.49. The van der Waals surface area contributed by atoms with Crippen molar-refractivity contribution in [2.24, 2.45) is 5.92 Å². The summed E-state index contributed by atoms with van der Waals surface area (Å²) in [6.07, 6.45) is 4.25. The van der Waals surface area contributed by atoms with E-state index in [9.17, 15) is 4.79 Å². The summed E-state index contributed by atoms with van der Waals surface area (Å²) < 4.78 is 5.55. The number of ether oxygens (including phenoxy) is 1. The van der Waals surface area contributed by atoms with Gasteiger partial charge in [-0.05, 0) is 32.6 Å². The first-order chi connectivity index (χ1) is 7.19. The highest BCUT2D eigenvalue weighted by Gasteiger charge is 2.25. The van der Waals surface area contributed by atoms with Crippen molar-refractivity contribution in [3.8, 4) is 0 Å². The maximum atomic E-state index is 11.8. The smallest absolute Gasteiger partial charge is 0.223 e. The Morgan fingerprint density at radius 3 is 2.60 bits per heavy atom. The molecule has 88 valence electrons. The maximum Gasteiger partial charge on any atom is 0.223 e. The van der Waals surface area contributed by atoms with Crippen molar-refractivity contribution in [2.45, 2.75) is 58.6 Å². The lowest BCUT2D eigenvalue weighted by atomic mass is 10.0. The normalized spacial score (nSPS) is 23.1. The predicted molar refractivity (Wildman–Crippen MR) is 60.7 cm³/mol. The number of carbonyl (C=O) groups is 1. The fraction of sp³-hybridized carbons (Fsp3) is 0.917. The molecule has 0 saturated carbocycles. The molecule has 3 heteroatoms. The van der Waals surface area contributed by atoms with Gasteiger partial charge in [0.05, 0.1) is 12.1 Å². The minimum Gasteiger partial charge on any atom is -0.376 e. The molecule has 0 bridgehead atoms. The van der Waals surface area contributed by atoms with E-state index in [1.165, 1.54) is 0 Å². The van der Waals surface area contributed by atoms with Gasteiger partial charge in [-0.25, -0.2) is 0 Å². The zero-order valence-corrected chi connectivity index (χ0v) is 10.1. The Hall–Kier alpha value is -0.570. The molecule has 2 atom stereocenters. The van der Waals surface area contributed by atoms with Crippen molar-refractivity contribution in [2.75, 3.05) is 6.61 Å². The SMILES string of the molecule is CCC(CC)C(=O)N[C@H](C)[C@H]1CCCO1. The molecule has 1 saturated heterocycles. The van der Waals surface area contributed by atoms with Gasteiger partial charge >= 0.3 is 0 Å². The molecule has 1 rings (SSSR count). The van der Waals surface area contributed by atoms with Crippen LogP contribution in [0.4, 0.5) is 0 Å². The van der Waals surface area contributed by atoms with Crippen molar-refractivity contribution >= 4 is 5.91 Å². The van der Waals surface area contributed by atoms with E-state index in [0.717, 1.165) is 32.3 Å². The Morgan fingerprint density at radius 2 is 2.13 bits per heavy atom. The molecule has 0 aromatic heterocycles. The zero-order chi connectivity index (χ0) is 11.3. The van der Waals surface area contributed by atoms with Crippen LogP contribution in [0.2, 0.25) is 0 Å². The quantitative estimate of drug-likeness (QED) is 0.759. The van der Waals surface area contributed by atoms with Gasteiger partial charge in [0.1, 0.15) is 0 Å². The summed E-state index contributed by atoms with van der Waals surface area (Å²) in [7, 11) is 0. The van der Waals surface area contributed by atoms with E-state index in [1.54, 1.807) is 0 Å². The van der Waals surface area contributed by atoms with E-state index in [4.69, 9.17) is 4.74 Å². The van der Waals surface area contributed by atoms with E-state index in [0.29, 0.717) is 0 Å². The van der Waals surface area contributed by atoms with E-state index in [-0.39, 0.29) is 24.0 Å². The Bertz CT molecular complexity index is 196. The lowest BCUT2D eigenvalue weighted by Crippen LogP contribution is -2.43. The van der Waals surface area contributed by atoms with Crippen LogP contribution in [0.3, 0.4) is 0 Å². The van der Waals surface area contributed by atoms with Crippen molar-refractivity contribution < 1.29 is 9.53 Å². The van der Waals surface area contributed by atoms with Crippen LogP contribution >= 0.6 is 0 Å². The van der Waals surface area contributed by atoms with E-state index >= 15 is 0 Å². The predicted octanol–water partition coefficient (Wildman–Crippen LogP) is 2.11. The third-order valence-electron chi connectivity index (χ3n) is 3.25. The molecule has 0 spiro atoms. The van der Waals surface area contributed by atoms with Crippen molar-refractivity contribution in [1.29, 1.82) is 0 Å². The Balaban J connectivity index is 2.35. The van der Waals surface area contributed by atoms with Crippen LogP contribution in [-0.2, 0) is 9.53 Å². The highest BCUT2D eigenvalue weighted by Crippen LogP contribution is 2.16. The maximum absolute atomic E-state index is 11.8. The number of nitrogens with one attached hydrogen (secondary N) is 1. The van der Waals surface area contributed by atoms with Gasteiger partial charge in [-0.15, -0.1) is 0 Å². The van der Waals surface area contributed by atoms with Crippen LogP contribution in [0.5, 0.6) is 0 Å². The van der Waals surface area contributed by atoms with Crippen LogP contribution < -0.4 is 5.32 Å². The largest absolute Gasteiger partial charge is 0.376 e. The summed E-state index contributed by atoms with van der Waals surface area (Å²) in [5.41, 5.74) is 0. The number of hydrogen-bond acceptors (Lipinski definition) is 2. The molecule has 1 aliphatic rings. The van der Waals surface area contributed by atoms with Crippen LogP contribution in [0.1, 0.15) is 46.5 Å². The molecular weight excluding hydrogens is 190 g/mol. The first-order valence-corrected chi connectivity index (χ1v) is 6.11. The molecule has 1 N–H and O–H groups in total. The number of hydrogen-bond donors (Lipinski definition) is 1. The second-order valence-corrected chi connectivity index (χ2v) is 4.36. The Labute approximate surface area is 92.6 Å². The highest BCUT2D eigenvalue weighted by molar-refractivity contribution is 5.78. The van der Waals surface area contributed by atoms with Gasteiger partial charge in [0.25, 0.3) is 0 Å². The van der Waals surface area contributed by atoms with Crippen molar-refractivity contribution in [3.05, 3.63) is 0 Å². The van der Waals surface area contributed by atoms with Gasteiger partial charge in [-0.1, -0.05) is 13.8 Å². The molecule has 1 aliphatic heterocycles. The van der Waals surface area contributed by atoms with Crippen LogP contribution in [0.25, 0.3) is 0 Å². The standard InChI is InChI=1S/C12H23NO2/c1-4-10(5-2)12(14)13-9(3)11-7-6-8-15-11/h9-11H,4-8H2,1-3H3,(H,13,14)/t9-,11-/m1/s1. The second-order valence-electron chi connectivity index (χ2n) is 4.36. The highest BCUT2D eigenvalue weighted by atomic mass is 16.5. The van der Waals surface area contributed by atoms with E-state index < -0.39 is 0 Å². The minimum absolute atomic E-state index is 0.153. The van der Waals surface area contributed by atoms with Crippen LogP contribution in [0.15, 0.2) is 0 Å². The molecule has 0 radical (unpaired) electrons. The summed E-state index contributed by atoms with van der Waals surface area (Å²) in [5, 5.41) is 3.06. The first-order valence-electron chi connectivity index (χ1n) is 6.11. The summed E-state index contributed by atoms with van der Waals surface area (Å²) in [6.45, 7) is 7.00. The number of carbonyl (C=O) groups excluding carboxylic acids is 1. The molecule has 0 aliphatic carbocycles. The van der Waals surface area contributed by atoms with Crippen LogP contribution in [-0.4, -0.2) is 24.7 Å². The molecule has 1 amide bonds. The topological polar surface area (TPSA) is 38.3 Å². The molecule has 0 aromatic rings. The molecule has 1 heterocycles. The van der Waals surface area contributed by atoms with Crippen LogP contribution in [0, 0.1) is 5.92 Å². The fourth-order valence-corrected chi connectivity index (χ4v) is 2.09. The number of amides is 1. The van der Waals surface area contributed by atoms with E-state index in [2.05, 4.69) is 19.2 Å². The Morgan fingerprint density at radius 1 is 1.47 bits per heavy atom. The fourth-order valence-electron chi connectivity index (χ4n) is 2.09. The Kier molecular flexibility index (Phi) is 5.09. The lowest BCUT2D eigenvalue weighted by Gasteiger charge is -2.22. The molecular formula is C12H23NO2. The number of rotatable bonds is 5. The molecule has 1 fully saturated rings. The summed E-state index contributed by atoms with van der Waals surface area (Å²) in [6, 6.07) is 0.153. The summed E-state index contributed by atoms with van der Waals surface area (Å²) in [4.78, 5) is 11.8. The minimum atomic E-state index is 0.153. The average Bonchev–Trinajstić information content (AvgIpc) is 2.72. The van der Waals surface area contributed by atoms with Gasteiger partial charge in [0.2, 0.25) is 5.91 Å². The first kappa shape index (κ1) is 12.5. The summed E-state index contributed by atoms with van der Waals surface area (Å²) in [5.74, 6) is 0.344.